The van der Waals surface area contributed by atoms with E-state index in [0.29, 0.717) is 11.1 Å². The van der Waals surface area contributed by atoms with Crippen LogP contribution in [-0.4, -0.2) is 30.5 Å². The minimum absolute atomic E-state index is 0.0817. The second kappa shape index (κ2) is 5.73. The van der Waals surface area contributed by atoms with Crippen LogP contribution in [0.5, 0.6) is 5.75 Å². The quantitative estimate of drug-likeness (QED) is 0.764. The van der Waals surface area contributed by atoms with E-state index in [1.165, 1.54) is 6.07 Å². The monoisotopic (exact) mass is 264 g/mol. The normalized spacial score (nSPS) is 10.9. The molecule has 5 nitrogen and oxygen atoms in total. The Kier molecular flexibility index (Phi) is 4.53. The third-order valence-electron chi connectivity index (χ3n) is 3.08. The molecule has 3 N–H and O–H groups in total. The number of nitrogens with one attached hydrogen (secondary N) is 2. The van der Waals surface area contributed by atoms with Gasteiger partial charge in [0.2, 0.25) is 5.91 Å². The number of aromatic hydroxyl groups is 1. The molecule has 0 bridgehead atoms. The standard InChI is InChI=1S/C14H20N2O3/c1-9-10(6-5-7-11(9)17)12(18)16-8-14(2,3)13(19)15-4/h5-7,17H,8H2,1-4H3,(H,15,19)(H,16,18). The molecule has 0 aromatic heterocycles. The van der Waals surface area contributed by atoms with Crippen molar-refractivity contribution in [1.82, 2.24) is 10.6 Å². The maximum atomic E-state index is 12.0. The van der Waals surface area contributed by atoms with Crippen molar-refractivity contribution in [2.24, 2.45) is 5.41 Å². The minimum Gasteiger partial charge on any atom is -0.508 e. The third-order valence-corrected chi connectivity index (χ3v) is 3.08. The number of amides is 2. The van der Waals surface area contributed by atoms with Gasteiger partial charge in [0.05, 0.1) is 5.41 Å². The average molecular weight is 264 g/mol. The van der Waals surface area contributed by atoms with Gasteiger partial charge in [-0.25, -0.2) is 0 Å². The first-order valence-corrected chi connectivity index (χ1v) is 6.08. The van der Waals surface area contributed by atoms with Crippen molar-refractivity contribution in [1.29, 1.82) is 0 Å². The summed E-state index contributed by atoms with van der Waals surface area (Å²) < 4.78 is 0. The van der Waals surface area contributed by atoms with E-state index in [9.17, 15) is 14.7 Å². The lowest BCUT2D eigenvalue weighted by Gasteiger charge is -2.23. The topological polar surface area (TPSA) is 78.4 Å². The van der Waals surface area contributed by atoms with Gasteiger partial charge in [0.1, 0.15) is 5.75 Å². The third kappa shape index (κ3) is 3.47. The molecule has 104 valence electrons. The van der Waals surface area contributed by atoms with Crippen LogP contribution in [0.2, 0.25) is 0 Å². The summed E-state index contributed by atoms with van der Waals surface area (Å²) in [5.41, 5.74) is 0.250. The highest BCUT2D eigenvalue weighted by Gasteiger charge is 2.27. The Labute approximate surface area is 113 Å². The number of hydrogen-bond donors (Lipinski definition) is 3. The molecule has 19 heavy (non-hydrogen) atoms. The number of rotatable bonds is 4. The van der Waals surface area contributed by atoms with E-state index < -0.39 is 5.41 Å². The highest BCUT2D eigenvalue weighted by atomic mass is 16.3. The first-order valence-electron chi connectivity index (χ1n) is 6.08. The molecule has 0 unspecified atom stereocenters. The lowest BCUT2D eigenvalue weighted by molar-refractivity contribution is -0.128. The molecule has 0 aliphatic carbocycles. The van der Waals surface area contributed by atoms with Gasteiger partial charge >= 0.3 is 0 Å². The Morgan fingerprint density at radius 2 is 1.95 bits per heavy atom. The second-order valence-corrected chi connectivity index (χ2v) is 5.10. The van der Waals surface area contributed by atoms with Crippen LogP contribution in [0.3, 0.4) is 0 Å². The fraction of sp³-hybridized carbons (Fsp3) is 0.429. The molecular weight excluding hydrogens is 244 g/mol. The molecule has 0 spiro atoms. The van der Waals surface area contributed by atoms with Crippen LogP contribution in [-0.2, 0) is 4.79 Å². The molecule has 0 radical (unpaired) electrons. The van der Waals surface area contributed by atoms with Crippen LogP contribution in [0.25, 0.3) is 0 Å². The van der Waals surface area contributed by atoms with E-state index in [0.717, 1.165) is 0 Å². The second-order valence-electron chi connectivity index (χ2n) is 5.10. The van der Waals surface area contributed by atoms with Crippen molar-refractivity contribution in [3.8, 4) is 5.75 Å². The summed E-state index contributed by atoms with van der Waals surface area (Å²) in [5, 5.41) is 14.8. The van der Waals surface area contributed by atoms with Crippen molar-refractivity contribution >= 4 is 11.8 Å². The van der Waals surface area contributed by atoms with Gasteiger partial charge in [0, 0.05) is 24.7 Å². The summed E-state index contributed by atoms with van der Waals surface area (Å²) in [5.74, 6) is -0.357. The fourth-order valence-corrected chi connectivity index (χ4v) is 1.68. The Morgan fingerprint density at radius 3 is 2.53 bits per heavy atom. The predicted molar refractivity (Wildman–Crippen MR) is 73.0 cm³/mol. The van der Waals surface area contributed by atoms with Crippen LogP contribution < -0.4 is 10.6 Å². The summed E-state index contributed by atoms with van der Waals surface area (Å²) in [7, 11) is 1.56. The molecule has 5 heteroatoms. The van der Waals surface area contributed by atoms with Gasteiger partial charge in [-0.05, 0) is 32.9 Å². The van der Waals surface area contributed by atoms with Crippen molar-refractivity contribution in [2.45, 2.75) is 20.8 Å². The zero-order chi connectivity index (χ0) is 14.6. The van der Waals surface area contributed by atoms with Crippen molar-refractivity contribution in [2.75, 3.05) is 13.6 Å². The SMILES string of the molecule is CNC(=O)C(C)(C)CNC(=O)c1cccc(O)c1C. The molecule has 0 saturated heterocycles. The van der Waals surface area contributed by atoms with Gasteiger partial charge in [0.25, 0.3) is 5.91 Å². The molecule has 1 rings (SSSR count). The minimum atomic E-state index is -0.685. The number of carbonyl (C=O) groups excluding carboxylic acids is 2. The largest absolute Gasteiger partial charge is 0.508 e. The van der Waals surface area contributed by atoms with Crippen LogP contribution in [0.4, 0.5) is 0 Å². The molecule has 1 aromatic rings. The molecular formula is C14H20N2O3. The van der Waals surface area contributed by atoms with Crippen LogP contribution in [0.1, 0.15) is 29.8 Å². The number of hydrogen-bond acceptors (Lipinski definition) is 3. The van der Waals surface area contributed by atoms with E-state index in [-0.39, 0.29) is 24.1 Å². The van der Waals surface area contributed by atoms with Crippen LogP contribution in [0, 0.1) is 12.3 Å². The zero-order valence-electron chi connectivity index (χ0n) is 11.7. The summed E-state index contributed by atoms with van der Waals surface area (Å²) in [6, 6.07) is 4.78. The van der Waals surface area contributed by atoms with Gasteiger partial charge < -0.3 is 15.7 Å². The Bertz CT molecular complexity index is 495. The van der Waals surface area contributed by atoms with E-state index in [2.05, 4.69) is 10.6 Å². The Hall–Kier alpha value is -2.04. The summed E-state index contributed by atoms with van der Waals surface area (Å²) in [4.78, 5) is 23.6. The van der Waals surface area contributed by atoms with E-state index in [1.807, 2.05) is 0 Å². The number of carbonyl (C=O) groups is 2. The van der Waals surface area contributed by atoms with Crippen LogP contribution in [0.15, 0.2) is 18.2 Å². The molecule has 0 fully saturated rings. The number of phenolic OH excluding ortho intramolecular Hbond substituents is 1. The molecule has 0 saturated carbocycles. The maximum Gasteiger partial charge on any atom is 0.251 e. The van der Waals surface area contributed by atoms with Gasteiger partial charge in [-0.1, -0.05) is 6.07 Å². The molecule has 0 heterocycles. The lowest BCUT2D eigenvalue weighted by atomic mass is 9.92. The smallest absolute Gasteiger partial charge is 0.251 e. The first kappa shape index (κ1) is 15.0. The Balaban J connectivity index is 2.76. The summed E-state index contributed by atoms with van der Waals surface area (Å²) in [6.45, 7) is 5.40. The van der Waals surface area contributed by atoms with Gasteiger partial charge in [-0.15, -0.1) is 0 Å². The van der Waals surface area contributed by atoms with E-state index in [4.69, 9.17) is 0 Å². The van der Waals surface area contributed by atoms with Crippen molar-refractivity contribution in [3.05, 3.63) is 29.3 Å². The van der Waals surface area contributed by atoms with Crippen molar-refractivity contribution < 1.29 is 14.7 Å². The molecule has 2 amide bonds. The van der Waals surface area contributed by atoms with Gasteiger partial charge in [-0.2, -0.15) is 0 Å². The molecule has 1 aromatic carbocycles. The van der Waals surface area contributed by atoms with E-state index >= 15 is 0 Å². The zero-order valence-corrected chi connectivity index (χ0v) is 11.7. The predicted octanol–water partition coefficient (Wildman–Crippen LogP) is 1.20. The van der Waals surface area contributed by atoms with Gasteiger partial charge in [0.15, 0.2) is 0 Å². The van der Waals surface area contributed by atoms with Crippen LogP contribution >= 0.6 is 0 Å². The number of benzene rings is 1. The first-order chi connectivity index (χ1) is 8.79. The lowest BCUT2D eigenvalue weighted by Crippen LogP contribution is -2.43. The highest BCUT2D eigenvalue weighted by Crippen LogP contribution is 2.20. The summed E-state index contributed by atoms with van der Waals surface area (Å²) in [6.07, 6.45) is 0. The molecule has 0 aliphatic rings. The maximum absolute atomic E-state index is 12.0. The molecule has 0 atom stereocenters. The number of phenols is 1. The van der Waals surface area contributed by atoms with Gasteiger partial charge in [-0.3, -0.25) is 9.59 Å². The Morgan fingerprint density at radius 1 is 1.32 bits per heavy atom. The highest BCUT2D eigenvalue weighted by molar-refractivity contribution is 5.96. The summed E-state index contributed by atoms with van der Waals surface area (Å²) >= 11 is 0. The fourth-order valence-electron chi connectivity index (χ4n) is 1.68. The van der Waals surface area contributed by atoms with E-state index in [1.54, 1.807) is 40.0 Å². The average Bonchev–Trinajstić information content (AvgIpc) is 2.38. The molecule has 0 aliphatic heterocycles. The van der Waals surface area contributed by atoms with Crippen molar-refractivity contribution in [3.63, 3.8) is 0 Å².